The van der Waals surface area contributed by atoms with E-state index in [4.69, 9.17) is 0 Å². The molecule has 0 unspecified atom stereocenters. The summed E-state index contributed by atoms with van der Waals surface area (Å²) in [6, 6.07) is 0. The number of rotatable bonds is 0. The van der Waals surface area contributed by atoms with Gasteiger partial charge in [0.25, 0.3) is 0 Å². The zero-order valence-corrected chi connectivity index (χ0v) is 7.76. The van der Waals surface area contributed by atoms with Crippen LogP contribution in [0.3, 0.4) is 0 Å². The summed E-state index contributed by atoms with van der Waals surface area (Å²) in [6.45, 7) is 1.83. The van der Waals surface area contributed by atoms with E-state index in [9.17, 15) is 0 Å². The van der Waals surface area contributed by atoms with Gasteiger partial charge in [0.05, 0.1) is 0 Å². The molecule has 0 aliphatic heterocycles. The summed E-state index contributed by atoms with van der Waals surface area (Å²) in [7, 11) is 1.79. The van der Waals surface area contributed by atoms with Gasteiger partial charge >= 0.3 is 0 Å². The van der Waals surface area contributed by atoms with Gasteiger partial charge in [-0.05, 0) is 12.2 Å². The molecule has 0 aliphatic carbocycles. The molecule has 1 aromatic rings. The molecule has 1 aromatic heterocycles. The molecule has 8 heavy (non-hydrogen) atoms. The van der Waals surface area contributed by atoms with Gasteiger partial charge in [-0.25, -0.2) is 0 Å². The zero-order chi connectivity index (χ0) is 5.28. The van der Waals surface area contributed by atoms with Crippen LogP contribution < -0.4 is 0 Å². The summed E-state index contributed by atoms with van der Waals surface area (Å²) in [6.07, 6.45) is 2.62. The molecular formula is C4H6N3Y-. The van der Waals surface area contributed by atoms with E-state index in [1.165, 1.54) is 0 Å². The zero-order valence-electron chi connectivity index (χ0n) is 4.92. The maximum Gasteiger partial charge on any atom is 0.00951 e. The van der Waals surface area contributed by atoms with Crippen molar-refractivity contribution in [3.8, 4) is 0 Å². The van der Waals surface area contributed by atoms with Crippen molar-refractivity contribution in [2.75, 3.05) is 0 Å². The maximum atomic E-state index is 3.86. The van der Waals surface area contributed by atoms with Gasteiger partial charge in [-0.15, -0.1) is 0 Å². The van der Waals surface area contributed by atoms with E-state index < -0.39 is 0 Å². The Morgan fingerprint density at radius 2 is 2.25 bits per heavy atom. The van der Waals surface area contributed by atoms with Crippen LogP contribution in [0, 0.1) is 13.3 Å². The van der Waals surface area contributed by atoms with E-state index in [1.807, 2.05) is 6.92 Å². The number of nitrogens with zero attached hydrogens (tertiary/aromatic N) is 3. The van der Waals surface area contributed by atoms with E-state index in [-0.39, 0.29) is 32.7 Å². The molecule has 41 valence electrons. The van der Waals surface area contributed by atoms with Gasteiger partial charge in [0, 0.05) is 39.8 Å². The second-order valence-electron chi connectivity index (χ2n) is 1.38. The van der Waals surface area contributed by atoms with Crippen LogP contribution in [0.4, 0.5) is 0 Å². The van der Waals surface area contributed by atoms with Crippen molar-refractivity contribution in [3.63, 3.8) is 0 Å². The van der Waals surface area contributed by atoms with Crippen molar-refractivity contribution in [1.29, 1.82) is 0 Å². The van der Waals surface area contributed by atoms with Gasteiger partial charge in [0.2, 0.25) is 0 Å². The third-order valence-corrected chi connectivity index (χ3v) is 0.651. The van der Waals surface area contributed by atoms with Crippen molar-refractivity contribution in [2.45, 2.75) is 6.92 Å². The molecule has 0 saturated carbocycles. The molecule has 0 fully saturated rings. The van der Waals surface area contributed by atoms with E-state index >= 15 is 0 Å². The molecule has 0 aliphatic rings. The van der Waals surface area contributed by atoms with E-state index in [0.29, 0.717) is 0 Å². The molecule has 0 bridgehead atoms. The van der Waals surface area contributed by atoms with Crippen molar-refractivity contribution in [1.82, 2.24) is 14.8 Å². The van der Waals surface area contributed by atoms with E-state index in [0.717, 1.165) is 5.82 Å². The standard InChI is InChI=1S/C4H6N3.Y/c1-4-5-3-7(2)6-4;/h1-2H3;/q-1;. The van der Waals surface area contributed by atoms with Crippen LogP contribution in [-0.4, -0.2) is 14.8 Å². The SMILES string of the molecule is Cc1n[c-]n(C)n1.[Y]. The predicted molar refractivity (Wildman–Crippen MR) is 24.6 cm³/mol. The summed E-state index contributed by atoms with van der Waals surface area (Å²) in [4.78, 5) is 3.74. The number of aryl methyl sites for hydroxylation is 2. The summed E-state index contributed by atoms with van der Waals surface area (Å²) in [5.41, 5.74) is 0. The average Bonchev–Trinajstić information content (AvgIpc) is 1.87. The van der Waals surface area contributed by atoms with Crippen molar-refractivity contribution in [3.05, 3.63) is 12.2 Å². The maximum absolute atomic E-state index is 3.86. The molecule has 1 radical (unpaired) electrons. The Kier molecular flexibility index (Phi) is 3.41. The Morgan fingerprint density at radius 1 is 1.62 bits per heavy atom. The molecule has 0 atom stereocenters. The van der Waals surface area contributed by atoms with Gasteiger partial charge in [-0.2, -0.15) is 0 Å². The molecule has 4 heteroatoms. The monoisotopic (exact) mass is 185 g/mol. The first-order valence-corrected chi connectivity index (χ1v) is 2.04. The van der Waals surface area contributed by atoms with Crippen LogP contribution in [-0.2, 0) is 39.8 Å². The van der Waals surface area contributed by atoms with Crippen LogP contribution in [0.25, 0.3) is 0 Å². The van der Waals surface area contributed by atoms with Gasteiger partial charge < -0.3 is 9.67 Å². The molecule has 0 spiro atoms. The Morgan fingerprint density at radius 3 is 2.38 bits per heavy atom. The smallest absolute Gasteiger partial charge is 0.00951 e. The second kappa shape index (κ2) is 3.31. The summed E-state index contributed by atoms with van der Waals surface area (Å²) in [5.74, 6) is 0.766. The minimum Gasteiger partial charge on any atom is -0.418 e. The Bertz CT molecular complexity index is 144. The van der Waals surface area contributed by atoms with Gasteiger partial charge in [-0.3, -0.25) is 5.10 Å². The Hall–Kier alpha value is 0.244. The van der Waals surface area contributed by atoms with Crippen LogP contribution in [0.5, 0.6) is 0 Å². The molecule has 3 nitrogen and oxygen atoms in total. The van der Waals surface area contributed by atoms with Crippen LogP contribution in [0.15, 0.2) is 0 Å². The minimum absolute atomic E-state index is 0. The topological polar surface area (TPSA) is 30.7 Å². The van der Waals surface area contributed by atoms with Gasteiger partial charge in [0.15, 0.2) is 0 Å². The quantitative estimate of drug-likeness (QED) is 0.529. The molecule has 1 heterocycles. The van der Waals surface area contributed by atoms with Crippen LogP contribution in [0.1, 0.15) is 5.82 Å². The largest absolute Gasteiger partial charge is 0.418 e. The van der Waals surface area contributed by atoms with E-state index in [1.54, 1.807) is 11.7 Å². The summed E-state index contributed by atoms with van der Waals surface area (Å²) >= 11 is 0. The van der Waals surface area contributed by atoms with Gasteiger partial charge in [-0.1, -0.05) is 6.92 Å². The third-order valence-electron chi connectivity index (χ3n) is 0.651. The third kappa shape index (κ3) is 2.01. The number of hydrogen-bond acceptors (Lipinski definition) is 2. The average molecular weight is 185 g/mol. The summed E-state index contributed by atoms with van der Waals surface area (Å²) < 4.78 is 1.55. The molecule has 0 amide bonds. The van der Waals surface area contributed by atoms with Crippen molar-refractivity contribution >= 4 is 0 Å². The first-order valence-electron chi connectivity index (χ1n) is 2.04. The molecule has 0 N–H and O–H groups in total. The first-order chi connectivity index (χ1) is 3.29. The second-order valence-corrected chi connectivity index (χ2v) is 1.38. The Labute approximate surface area is 73.4 Å². The van der Waals surface area contributed by atoms with Crippen LogP contribution in [0.2, 0.25) is 0 Å². The number of hydrogen-bond donors (Lipinski definition) is 0. The van der Waals surface area contributed by atoms with E-state index in [2.05, 4.69) is 16.4 Å². The fraction of sp³-hybridized carbons (Fsp3) is 0.500. The van der Waals surface area contributed by atoms with Crippen LogP contribution >= 0.6 is 0 Å². The van der Waals surface area contributed by atoms with Crippen molar-refractivity contribution in [2.24, 2.45) is 7.05 Å². The normalized spacial score (nSPS) is 8.25. The molecule has 1 rings (SSSR count). The number of aromatic nitrogens is 3. The fourth-order valence-electron chi connectivity index (χ4n) is 0.407. The van der Waals surface area contributed by atoms with Gasteiger partial charge in [0.1, 0.15) is 0 Å². The first kappa shape index (κ1) is 8.24. The molecule has 0 aromatic carbocycles. The molecule has 0 saturated heterocycles. The minimum atomic E-state index is 0. The summed E-state index contributed by atoms with van der Waals surface area (Å²) in [5, 5.41) is 3.86. The predicted octanol–water partition coefficient (Wildman–Crippen LogP) is -0.0788. The molecular weight excluding hydrogens is 179 g/mol. The fourth-order valence-corrected chi connectivity index (χ4v) is 0.407. The Balaban J connectivity index is 0.000000490. The van der Waals surface area contributed by atoms with Crippen molar-refractivity contribution < 1.29 is 32.7 Å².